The smallest absolute Gasteiger partial charge is 0.407 e. The van der Waals surface area contributed by atoms with Crippen molar-refractivity contribution in [1.82, 2.24) is 69.1 Å². The quantitative estimate of drug-likeness (QED) is 0.0277. The molecular formula is C98H160N14O23. The maximum Gasteiger partial charge on any atom is 0.407 e. The molecule has 14 amide bonds. The lowest BCUT2D eigenvalue weighted by Gasteiger charge is -2.44. The first-order valence-corrected chi connectivity index (χ1v) is 49.4. The Morgan fingerprint density at radius 2 is 0.659 bits per heavy atom. The van der Waals surface area contributed by atoms with E-state index in [0.717, 1.165) is 25.7 Å². The highest BCUT2D eigenvalue weighted by atomic mass is 16.7. The van der Waals surface area contributed by atoms with Gasteiger partial charge in [0.2, 0.25) is 65.0 Å². The Hall–Kier alpha value is -9.50. The molecule has 14 N–H and O–H groups in total. The average molecular weight is 1900 g/mol. The fourth-order valence-corrected chi connectivity index (χ4v) is 17.6. The minimum absolute atomic E-state index is 0.0200. The van der Waals surface area contributed by atoms with Crippen LogP contribution in [0.15, 0.2) is 48.5 Å². The second-order valence-corrected chi connectivity index (χ2v) is 36.7. The monoisotopic (exact) mass is 1900 g/mol. The van der Waals surface area contributed by atoms with E-state index in [0.29, 0.717) is 109 Å². The molecule has 0 radical (unpaired) electrons. The predicted molar refractivity (Wildman–Crippen MR) is 507 cm³/mol. The third-order valence-corrected chi connectivity index (χ3v) is 26.3. The highest BCUT2D eigenvalue weighted by molar-refractivity contribution is 6.03. The van der Waals surface area contributed by atoms with Crippen molar-refractivity contribution in [3.63, 3.8) is 0 Å². The number of alkyl carbamates (subject to hydrolysis) is 1. The largest absolute Gasteiger partial charge is 0.445 e. The first kappa shape index (κ1) is 114. The molecule has 6 rings (SSSR count). The van der Waals surface area contributed by atoms with Crippen molar-refractivity contribution in [2.75, 3.05) is 77.6 Å². The fourth-order valence-electron chi connectivity index (χ4n) is 17.6. The van der Waals surface area contributed by atoms with Crippen molar-refractivity contribution in [3.05, 3.63) is 65.2 Å². The molecule has 0 bridgehead atoms. The van der Waals surface area contributed by atoms with Crippen LogP contribution in [-0.4, -0.2) is 241 Å². The zero-order chi connectivity index (χ0) is 99.1. The molecule has 0 saturated carbocycles. The average Bonchev–Trinajstić information content (AvgIpc) is 0.817. The number of benzene rings is 2. The Morgan fingerprint density at radius 1 is 0.341 bits per heavy atom. The van der Waals surface area contributed by atoms with Gasteiger partial charge in [-0.05, 0) is 187 Å². The SMILES string of the molecule is CCC1OC(OCCCCC(=O)NCCCCC(NC(=O)CCCCOC2OC(CC)C(C)C(C)C2NC(C)=O)C(=O)NCCNC(=O)c2cc(NC(=O)CNC(=O)OCc3ccccc3)cc(C(=O)NCCNC(=O)[C@H](CCCCNC(=O)CCCCOC3OC(CC)C(C)C(C)C3NC(C)=O)NC(=O)CCCCOC3OC(CC)C(C)C(C)C3NC(C)=O)c2)C(NC(C)=O)C(C)C1C. The molecule has 2 aromatic carbocycles. The van der Waals surface area contributed by atoms with Gasteiger partial charge in [0.05, 0.1) is 48.6 Å². The summed E-state index contributed by atoms with van der Waals surface area (Å²) in [5, 5.41) is 39.7. The van der Waals surface area contributed by atoms with Crippen molar-refractivity contribution in [3.8, 4) is 0 Å². The summed E-state index contributed by atoms with van der Waals surface area (Å²) < 4.78 is 55.1. The van der Waals surface area contributed by atoms with Gasteiger partial charge < -0.3 is 117 Å². The third-order valence-electron chi connectivity index (χ3n) is 26.3. The summed E-state index contributed by atoms with van der Waals surface area (Å²) in [6, 6.07) is 9.32. The molecule has 4 aliphatic rings. The van der Waals surface area contributed by atoms with Crippen molar-refractivity contribution < 1.29 is 110 Å². The minimum atomic E-state index is -1.03. The molecule has 37 heteroatoms. The van der Waals surface area contributed by atoms with Crippen LogP contribution in [0.25, 0.3) is 0 Å². The van der Waals surface area contributed by atoms with Gasteiger partial charge in [0.25, 0.3) is 11.8 Å². The third kappa shape index (κ3) is 40.6. The molecule has 760 valence electrons. The lowest BCUT2D eigenvalue weighted by atomic mass is 9.81. The lowest BCUT2D eigenvalue weighted by molar-refractivity contribution is -0.236. The Labute approximate surface area is 798 Å². The van der Waals surface area contributed by atoms with Crippen LogP contribution in [0, 0.1) is 47.3 Å². The van der Waals surface area contributed by atoms with Crippen molar-refractivity contribution in [1.29, 1.82) is 0 Å². The van der Waals surface area contributed by atoms with E-state index in [-0.39, 0.29) is 233 Å². The van der Waals surface area contributed by atoms with E-state index in [1.807, 2.05) is 13.8 Å². The zero-order valence-electron chi connectivity index (χ0n) is 82.8. The molecule has 135 heavy (non-hydrogen) atoms. The van der Waals surface area contributed by atoms with Crippen LogP contribution in [0.2, 0.25) is 0 Å². The van der Waals surface area contributed by atoms with Crippen LogP contribution >= 0.6 is 0 Å². The normalized spacial score (nSPS) is 25.2. The van der Waals surface area contributed by atoms with E-state index < -0.39 is 91.2 Å². The maximum atomic E-state index is 14.2. The molecule has 0 aromatic heterocycles. The highest BCUT2D eigenvalue weighted by Crippen LogP contribution is 2.37. The molecule has 21 unspecified atom stereocenters. The highest BCUT2D eigenvalue weighted by Gasteiger charge is 2.46. The van der Waals surface area contributed by atoms with Crippen LogP contribution in [0.4, 0.5) is 10.5 Å². The molecule has 4 saturated heterocycles. The zero-order valence-corrected chi connectivity index (χ0v) is 82.8. The molecule has 2 aromatic rings. The summed E-state index contributed by atoms with van der Waals surface area (Å²) in [6.07, 6.45) is 6.03. The molecule has 4 heterocycles. The number of carbonyl (C=O) groups excluding carboxylic acids is 14. The minimum Gasteiger partial charge on any atom is -0.445 e. The summed E-state index contributed by atoms with van der Waals surface area (Å²) in [5.41, 5.74) is 0.466. The lowest BCUT2D eigenvalue weighted by Crippen LogP contribution is -2.57. The van der Waals surface area contributed by atoms with Crippen LogP contribution in [0.1, 0.15) is 278 Å². The number of rotatable bonds is 59. The van der Waals surface area contributed by atoms with Gasteiger partial charge in [0, 0.05) is 136 Å². The van der Waals surface area contributed by atoms with Crippen LogP contribution in [-0.2, 0) is 102 Å². The van der Waals surface area contributed by atoms with Crippen LogP contribution in [0.3, 0.4) is 0 Å². The van der Waals surface area contributed by atoms with E-state index in [1.165, 1.54) is 45.9 Å². The van der Waals surface area contributed by atoms with Crippen LogP contribution < -0.4 is 74.4 Å². The molecule has 4 fully saturated rings. The van der Waals surface area contributed by atoms with E-state index in [1.54, 1.807) is 30.3 Å². The summed E-state index contributed by atoms with van der Waals surface area (Å²) in [5.74, 6) is -4.05. The maximum absolute atomic E-state index is 14.2. The molecule has 4 aliphatic heterocycles. The Kier molecular flexibility index (Phi) is 52.2. The number of hydrogen-bond acceptors (Lipinski definition) is 23. The number of amides is 14. The topological polar surface area (TPSA) is 490 Å². The van der Waals surface area contributed by atoms with Crippen molar-refractivity contribution >= 4 is 88.6 Å². The van der Waals surface area contributed by atoms with Crippen molar-refractivity contribution in [2.45, 2.75) is 344 Å². The van der Waals surface area contributed by atoms with E-state index >= 15 is 0 Å². The first-order valence-electron chi connectivity index (χ1n) is 49.4. The molecule has 0 spiro atoms. The Bertz CT molecular complexity index is 3830. The first-order chi connectivity index (χ1) is 64.6. The van der Waals surface area contributed by atoms with E-state index in [4.69, 9.17) is 42.6 Å². The Morgan fingerprint density at radius 3 is 0.978 bits per heavy atom. The van der Waals surface area contributed by atoms with Gasteiger partial charge in [0.15, 0.2) is 25.2 Å². The number of hydrogen-bond donors (Lipinski definition) is 14. The number of carbonyl (C=O) groups is 14. The summed E-state index contributed by atoms with van der Waals surface area (Å²) in [4.78, 5) is 185. The van der Waals surface area contributed by atoms with Gasteiger partial charge >= 0.3 is 6.09 Å². The number of nitrogens with one attached hydrogen (secondary N) is 14. The Balaban J connectivity index is 1.07. The van der Waals surface area contributed by atoms with Gasteiger partial charge in [-0.3, -0.25) is 62.3 Å². The van der Waals surface area contributed by atoms with Gasteiger partial charge in [-0.25, -0.2) is 4.79 Å². The summed E-state index contributed by atoms with van der Waals surface area (Å²) in [7, 11) is 0. The number of ether oxygens (including phenoxy) is 9. The van der Waals surface area contributed by atoms with E-state index in [9.17, 15) is 67.1 Å². The number of unbranched alkanes of at least 4 members (excludes halogenated alkanes) is 6. The molecule has 0 aliphatic carbocycles. The van der Waals surface area contributed by atoms with Gasteiger partial charge in [-0.2, -0.15) is 0 Å². The van der Waals surface area contributed by atoms with Crippen LogP contribution in [0.5, 0.6) is 0 Å². The fraction of sp³-hybridized carbons (Fsp3) is 0.735. The van der Waals surface area contributed by atoms with Crippen molar-refractivity contribution in [2.24, 2.45) is 47.3 Å². The number of anilines is 1. The standard InChI is InChI=1S/C98H160N14O23/c1-17-77-59(5)63(9)86(106-67(13)113)94(132-77)127-50-32-26-40-81(117)99-44-30-24-38-75(111-83(119)42-28-34-52-129-96-88(108-69(15)115)65(11)61(7)79(19-3)134-96)92(124)103-48-46-101-90(122)72-54-73(56-74(55-72)110-85(121)57-105-98(126)131-58-71-36-22-21-23-37-71)91(123)102-47-49-104-93(125)76(112-84(120)43-29-35-53-130-97-89(109-70(16)116)66(12)62(8)80(20-4)135-97)39-25-31-45-100-82(118)41-27-33-51-128-95-87(107-68(14)114)64(10)60(6)78(18-2)133-95/h21-23,36-37,54-56,59-66,75-80,86-89,94-97H,17-20,24-35,38-53,57-58H2,1-16H3,(H,99,117)(H,100,118)(H,101,122)(H,102,123)(H,103,124)(H,104,125)(H,105,126)(H,106,113)(H,107,114)(H,108,115)(H,109,116)(H,110,121)(H,111,119)(H,112,120)/t59?,60?,61?,62?,63?,64?,65?,66?,75-,76?,77?,78?,79?,80?,86?,87?,88?,89?,94?,95?,96?,97?/m0/s1. The molecule has 22 atom stereocenters. The predicted octanol–water partition coefficient (Wildman–Crippen LogP) is 8.18. The summed E-state index contributed by atoms with van der Waals surface area (Å²) in [6.45, 7) is 31.2. The summed E-state index contributed by atoms with van der Waals surface area (Å²) >= 11 is 0. The van der Waals surface area contributed by atoms with Gasteiger partial charge in [-0.15, -0.1) is 0 Å². The second-order valence-electron chi connectivity index (χ2n) is 36.7. The van der Waals surface area contributed by atoms with Gasteiger partial charge in [-0.1, -0.05) is 113 Å². The van der Waals surface area contributed by atoms with Gasteiger partial charge in [0.1, 0.15) is 25.2 Å². The van der Waals surface area contributed by atoms with E-state index in [2.05, 4.69) is 144 Å². The second kappa shape index (κ2) is 61.7. The molecular weight excluding hydrogens is 1740 g/mol. The molecule has 37 nitrogen and oxygen atoms in total.